The van der Waals surface area contributed by atoms with Gasteiger partial charge in [0.05, 0.1) is 23.7 Å². The molecule has 3 rings (SSSR count). The number of esters is 1. The molecule has 0 bridgehead atoms. The average Bonchev–Trinajstić information content (AvgIpc) is 3.12. The lowest BCUT2D eigenvalue weighted by Gasteiger charge is -2.23. The fourth-order valence-electron chi connectivity index (χ4n) is 2.97. The number of ether oxygens (including phenoxy) is 2. The summed E-state index contributed by atoms with van der Waals surface area (Å²) in [7, 11) is 1.55. The van der Waals surface area contributed by atoms with E-state index in [1.165, 1.54) is 17.9 Å². The van der Waals surface area contributed by atoms with Crippen LogP contribution in [0.4, 0.5) is 5.69 Å². The van der Waals surface area contributed by atoms with E-state index in [0.717, 1.165) is 0 Å². The molecule has 0 spiro atoms. The summed E-state index contributed by atoms with van der Waals surface area (Å²) in [6.07, 6.45) is 0. The second-order valence-corrected chi connectivity index (χ2v) is 7.88. The molecule has 152 valence electrons. The monoisotopic (exact) mass is 435 g/mol. The van der Waals surface area contributed by atoms with E-state index in [4.69, 9.17) is 37.1 Å². The van der Waals surface area contributed by atoms with Gasteiger partial charge in [-0.15, -0.1) is 0 Å². The number of anilines is 1. The molecule has 3 aromatic rings. The van der Waals surface area contributed by atoms with Gasteiger partial charge in [-0.25, -0.2) is 4.79 Å². The van der Waals surface area contributed by atoms with Crippen LogP contribution in [-0.2, 0) is 4.74 Å². The Labute approximate surface area is 177 Å². The number of fused-ring (bicyclic) bond motifs is 1. The summed E-state index contributed by atoms with van der Waals surface area (Å²) in [6, 6.07) is 13.5. The van der Waals surface area contributed by atoms with Crippen molar-refractivity contribution in [2.75, 3.05) is 18.6 Å². The number of hydrogen-bond donors (Lipinski definition) is 0. The summed E-state index contributed by atoms with van der Waals surface area (Å²) in [6.45, 7) is 3.41. The first-order valence-electron chi connectivity index (χ1n) is 8.83. The van der Waals surface area contributed by atoms with Crippen molar-refractivity contribution >= 4 is 51.7 Å². The summed E-state index contributed by atoms with van der Waals surface area (Å²) >= 11 is 11.6. The number of carbonyl (C=O) groups excluding carboxylic acids is 2. The highest BCUT2D eigenvalue weighted by Gasteiger charge is 2.28. The van der Waals surface area contributed by atoms with Crippen LogP contribution >= 0.6 is 23.2 Å². The summed E-state index contributed by atoms with van der Waals surface area (Å²) < 4.78 is 14.4. The number of furan rings is 1. The minimum atomic E-state index is -1.69. The number of methoxy groups -OCH3 is 1. The SMILES string of the molecule is CCN(C(=O)c1cc2c(OC)cccc2o1)c1ccccc1C(=O)OC(C)(Cl)Cl. The Morgan fingerprint density at radius 2 is 1.86 bits per heavy atom. The van der Waals surface area contributed by atoms with Gasteiger partial charge >= 0.3 is 5.97 Å². The van der Waals surface area contributed by atoms with Crippen molar-refractivity contribution < 1.29 is 23.5 Å². The molecule has 6 nitrogen and oxygen atoms in total. The van der Waals surface area contributed by atoms with Crippen molar-refractivity contribution in [3.05, 3.63) is 59.9 Å². The third-order valence-corrected chi connectivity index (χ3v) is 4.35. The molecule has 1 amide bonds. The van der Waals surface area contributed by atoms with E-state index in [-0.39, 0.29) is 17.9 Å². The number of para-hydroxylation sites is 1. The third-order valence-electron chi connectivity index (χ3n) is 4.20. The molecule has 0 unspecified atom stereocenters. The van der Waals surface area contributed by atoms with Crippen LogP contribution in [0, 0.1) is 0 Å². The predicted molar refractivity (Wildman–Crippen MR) is 112 cm³/mol. The lowest BCUT2D eigenvalue weighted by molar-refractivity contribution is 0.0408. The van der Waals surface area contributed by atoms with E-state index in [1.54, 1.807) is 56.5 Å². The molecular formula is C21H19Cl2NO5. The predicted octanol–water partition coefficient (Wildman–Crippen LogP) is 5.42. The van der Waals surface area contributed by atoms with Gasteiger partial charge in [-0.05, 0) is 31.2 Å². The maximum Gasteiger partial charge on any atom is 0.342 e. The van der Waals surface area contributed by atoms with Crippen molar-refractivity contribution in [2.24, 2.45) is 0 Å². The van der Waals surface area contributed by atoms with E-state index in [0.29, 0.717) is 22.4 Å². The zero-order chi connectivity index (χ0) is 21.2. The van der Waals surface area contributed by atoms with Crippen LogP contribution in [0.25, 0.3) is 11.0 Å². The first-order valence-corrected chi connectivity index (χ1v) is 9.59. The van der Waals surface area contributed by atoms with Gasteiger partial charge < -0.3 is 18.8 Å². The fourth-order valence-corrected chi connectivity index (χ4v) is 3.11. The molecule has 0 aliphatic heterocycles. The Balaban J connectivity index is 2.00. The number of benzene rings is 2. The van der Waals surface area contributed by atoms with Crippen molar-refractivity contribution in [1.29, 1.82) is 0 Å². The molecular weight excluding hydrogens is 417 g/mol. The maximum absolute atomic E-state index is 13.2. The molecule has 0 N–H and O–H groups in total. The Morgan fingerprint density at radius 1 is 1.14 bits per heavy atom. The van der Waals surface area contributed by atoms with E-state index in [2.05, 4.69) is 0 Å². The number of rotatable bonds is 6. The lowest BCUT2D eigenvalue weighted by atomic mass is 10.1. The number of amides is 1. The largest absolute Gasteiger partial charge is 0.496 e. The molecule has 8 heteroatoms. The Bertz CT molecular complexity index is 1050. The topological polar surface area (TPSA) is 69.0 Å². The van der Waals surface area contributed by atoms with Gasteiger partial charge in [-0.1, -0.05) is 41.4 Å². The van der Waals surface area contributed by atoms with Crippen LogP contribution in [0.5, 0.6) is 5.75 Å². The van der Waals surface area contributed by atoms with Crippen molar-refractivity contribution in [2.45, 2.75) is 18.4 Å². The zero-order valence-electron chi connectivity index (χ0n) is 16.1. The lowest BCUT2D eigenvalue weighted by Crippen LogP contribution is -2.32. The standard InChI is InChI=1S/C21H19Cl2NO5/c1-4-24(15-9-6-5-8-13(15)20(26)29-21(2,22)23)19(25)18-12-14-16(27-3)10-7-11-17(14)28-18/h5-12H,4H2,1-3H3. The van der Waals surface area contributed by atoms with E-state index >= 15 is 0 Å². The third kappa shape index (κ3) is 4.49. The van der Waals surface area contributed by atoms with Crippen LogP contribution in [0.2, 0.25) is 0 Å². The van der Waals surface area contributed by atoms with Gasteiger partial charge in [0.2, 0.25) is 0 Å². The number of halogens is 2. The highest BCUT2D eigenvalue weighted by Crippen LogP contribution is 2.31. The first kappa shape index (κ1) is 21.0. The molecule has 1 aromatic heterocycles. The summed E-state index contributed by atoms with van der Waals surface area (Å²) in [5, 5.41) is 0.683. The van der Waals surface area contributed by atoms with Crippen LogP contribution < -0.4 is 9.64 Å². The minimum absolute atomic E-state index is 0.119. The fraction of sp³-hybridized carbons (Fsp3) is 0.238. The Morgan fingerprint density at radius 3 is 2.52 bits per heavy atom. The number of nitrogens with zero attached hydrogens (tertiary/aromatic N) is 1. The van der Waals surface area contributed by atoms with Crippen LogP contribution in [0.15, 0.2) is 52.9 Å². The number of carbonyl (C=O) groups is 2. The molecule has 0 saturated carbocycles. The number of alkyl halides is 2. The zero-order valence-corrected chi connectivity index (χ0v) is 17.6. The summed E-state index contributed by atoms with van der Waals surface area (Å²) in [4.78, 5) is 27.1. The Hall–Kier alpha value is -2.70. The molecule has 0 atom stereocenters. The number of hydrogen-bond acceptors (Lipinski definition) is 5. The van der Waals surface area contributed by atoms with Crippen LogP contribution in [0.3, 0.4) is 0 Å². The smallest absolute Gasteiger partial charge is 0.342 e. The first-order chi connectivity index (χ1) is 13.7. The van der Waals surface area contributed by atoms with Crippen molar-refractivity contribution in [3.63, 3.8) is 0 Å². The van der Waals surface area contributed by atoms with Gasteiger partial charge in [-0.2, -0.15) is 0 Å². The van der Waals surface area contributed by atoms with Gasteiger partial charge in [-0.3, -0.25) is 4.79 Å². The van der Waals surface area contributed by atoms with Gasteiger partial charge in [0.25, 0.3) is 10.4 Å². The van der Waals surface area contributed by atoms with Crippen LogP contribution in [0.1, 0.15) is 34.8 Å². The van der Waals surface area contributed by atoms with E-state index < -0.39 is 16.4 Å². The molecule has 0 aliphatic rings. The quantitative estimate of drug-likeness (QED) is 0.382. The molecule has 0 fully saturated rings. The van der Waals surface area contributed by atoms with E-state index in [1.807, 2.05) is 0 Å². The minimum Gasteiger partial charge on any atom is -0.496 e. The molecule has 2 aromatic carbocycles. The second kappa shape index (κ2) is 8.35. The second-order valence-electron chi connectivity index (χ2n) is 6.25. The van der Waals surface area contributed by atoms with Crippen molar-refractivity contribution in [1.82, 2.24) is 0 Å². The highest BCUT2D eigenvalue weighted by molar-refractivity contribution is 6.47. The Kier molecular flexibility index (Phi) is 6.05. The molecule has 0 aliphatic carbocycles. The normalized spacial score (nSPS) is 11.3. The van der Waals surface area contributed by atoms with Gasteiger partial charge in [0.1, 0.15) is 11.3 Å². The average molecular weight is 436 g/mol. The molecule has 1 heterocycles. The highest BCUT2D eigenvalue weighted by atomic mass is 35.5. The summed E-state index contributed by atoms with van der Waals surface area (Å²) in [5.41, 5.74) is 1.04. The molecule has 29 heavy (non-hydrogen) atoms. The van der Waals surface area contributed by atoms with Crippen LogP contribution in [-0.4, -0.2) is 30.1 Å². The molecule has 0 saturated heterocycles. The van der Waals surface area contributed by atoms with Gasteiger partial charge in [0, 0.05) is 19.5 Å². The molecule has 0 radical (unpaired) electrons. The van der Waals surface area contributed by atoms with Crippen molar-refractivity contribution in [3.8, 4) is 5.75 Å². The van der Waals surface area contributed by atoms with Gasteiger partial charge in [0.15, 0.2) is 5.76 Å². The summed E-state index contributed by atoms with van der Waals surface area (Å²) in [5.74, 6) is -0.439. The maximum atomic E-state index is 13.2. The van der Waals surface area contributed by atoms with E-state index in [9.17, 15) is 9.59 Å².